The normalized spacial score (nSPS) is 13.5. The maximum absolute atomic E-state index is 12.4. The summed E-state index contributed by atoms with van der Waals surface area (Å²) in [6, 6.07) is 18.7. The number of hydrogen-bond acceptors (Lipinski definition) is 1. The fourth-order valence-corrected chi connectivity index (χ4v) is 3.67. The number of hydrogen-bond donors (Lipinski definition) is 2. The molecule has 1 amide bonds. The Morgan fingerprint density at radius 3 is 2.58 bits per heavy atom. The highest BCUT2D eigenvalue weighted by molar-refractivity contribution is 5.84. The number of H-pyrrole nitrogens is 1. The summed E-state index contributed by atoms with van der Waals surface area (Å²) in [5.41, 5.74) is 3.58. The van der Waals surface area contributed by atoms with E-state index in [9.17, 15) is 4.79 Å². The Bertz CT molecular complexity index is 838. The van der Waals surface area contributed by atoms with Gasteiger partial charge in [-0.2, -0.15) is 0 Å². The molecule has 2 aromatic carbocycles. The molecule has 3 rings (SSSR count). The molecule has 2 atom stereocenters. The molecule has 0 fully saturated rings. The Labute approximate surface area is 155 Å². The zero-order valence-electron chi connectivity index (χ0n) is 15.7. The van der Waals surface area contributed by atoms with Crippen molar-refractivity contribution in [2.45, 2.75) is 39.0 Å². The number of aromatic nitrogens is 1. The van der Waals surface area contributed by atoms with Gasteiger partial charge in [-0.05, 0) is 23.1 Å². The third kappa shape index (κ3) is 4.34. The average molecular weight is 348 g/mol. The summed E-state index contributed by atoms with van der Waals surface area (Å²) in [6.07, 6.45) is 4.89. The molecule has 136 valence electrons. The molecular weight excluding hydrogens is 320 g/mol. The predicted octanol–water partition coefficient (Wildman–Crippen LogP) is 5.24. The smallest absolute Gasteiger partial charge is 0.220 e. The van der Waals surface area contributed by atoms with E-state index in [0.717, 1.165) is 18.4 Å². The molecule has 0 saturated carbocycles. The largest absolute Gasteiger partial charge is 0.361 e. The summed E-state index contributed by atoms with van der Waals surface area (Å²) in [5, 5.41) is 4.39. The third-order valence-electron chi connectivity index (χ3n) is 5.02. The van der Waals surface area contributed by atoms with E-state index in [1.54, 1.807) is 0 Å². The predicted molar refractivity (Wildman–Crippen MR) is 108 cm³/mol. The minimum absolute atomic E-state index is 0.137. The lowest BCUT2D eigenvalue weighted by atomic mass is 9.90. The van der Waals surface area contributed by atoms with Gasteiger partial charge in [0.1, 0.15) is 0 Å². The zero-order chi connectivity index (χ0) is 18.4. The molecular formula is C23H28N2O. The van der Waals surface area contributed by atoms with Gasteiger partial charge in [0.15, 0.2) is 0 Å². The molecule has 0 saturated heterocycles. The number of fused-ring (bicyclic) bond motifs is 1. The molecule has 1 aromatic heterocycles. The number of amides is 1. The highest BCUT2D eigenvalue weighted by Crippen LogP contribution is 2.30. The first-order valence-corrected chi connectivity index (χ1v) is 9.56. The second kappa shape index (κ2) is 8.70. The second-order valence-electron chi connectivity index (χ2n) is 7.15. The van der Waals surface area contributed by atoms with Crippen molar-refractivity contribution in [3.63, 3.8) is 0 Å². The Kier molecular flexibility index (Phi) is 6.11. The molecule has 3 aromatic rings. The second-order valence-corrected chi connectivity index (χ2v) is 7.15. The molecule has 3 nitrogen and oxygen atoms in total. The zero-order valence-corrected chi connectivity index (χ0v) is 15.7. The Morgan fingerprint density at radius 2 is 1.81 bits per heavy atom. The van der Waals surface area contributed by atoms with Gasteiger partial charge in [-0.3, -0.25) is 4.79 Å². The summed E-state index contributed by atoms with van der Waals surface area (Å²) in [7, 11) is 0. The number of benzene rings is 2. The van der Waals surface area contributed by atoms with Crippen LogP contribution in [0.15, 0.2) is 60.8 Å². The van der Waals surface area contributed by atoms with Crippen LogP contribution in [0.3, 0.4) is 0 Å². The van der Waals surface area contributed by atoms with E-state index in [4.69, 9.17) is 0 Å². The molecule has 0 bridgehead atoms. The molecule has 2 N–H and O–H groups in total. The van der Waals surface area contributed by atoms with Crippen molar-refractivity contribution in [2.75, 3.05) is 6.54 Å². The van der Waals surface area contributed by atoms with Gasteiger partial charge in [-0.15, -0.1) is 0 Å². The Balaban J connectivity index is 1.80. The van der Waals surface area contributed by atoms with Crippen LogP contribution in [0.25, 0.3) is 10.9 Å². The monoisotopic (exact) mass is 348 g/mol. The molecule has 26 heavy (non-hydrogen) atoms. The summed E-state index contributed by atoms with van der Waals surface area (Å²) >= 11 is 0. The number of para-hydroxylation sites is 1. The topological polar surface area (TPSA) is 44.9 Å². The number of nitrogens with one attached hydrogen (secondary N) is 2. The minimum atomic E-state index is 0.137. The molecule has 0 aliphatic carbocycles. The molecule has 0 aliphatic rings. The van der Waals surface area contributed by atoms with Crippen molar-refractivity contribution in [1.29, 1.82) is 0 Å². The SMILES string of the molecule is CCCC(C)CC(=O)NCC(c1ccccc1)c1c[nH]c2ccccc12. The Morgan fingerprint density at radius 1 is 1.08 bits per heavy atom. The van der Waals surface area contributed by atoms with Gasteiger partial charge in [0.25, 0.3) is 0 Å². The standard InChI is InChI=1S/C23H28N2O/c1-3-9-17(2)14-23(26)25-15-20(18-10-5-4-6-11-18)21-16-24-22-13-8-7-12-19(21)22/h4-8,10-13,16-17,20,24H,3,9,14-15H2,1-2H3,(H,25,26). The molecule has 0 spiro atoms. The molecule has 2 unspecified atom stereocenters. The maximum Gasteiger partial charge on any atom is 0.220 e. The van der Waals surface area contributed by atoms with Crippen molar-refractivity contribution in [2.24, 2.45) is 5.92 Å². The van der Waals surface area contributed by atoms with Crippen molar-refractivity contribution >= 4 is 16.8 Å². The quantitative estimate of drug-likeness (QED) is 0.574. The summed E-state index contributed by atoms with van der Waals surface area (Å²) in [6.45, 7) is 4.93. The van der Waals surface area contributed by atoms with Crippen molar-refractivity contribution in [3.8, 4) is 0 Å². The fraction of sp³-hybridized carbons (Fsp3) is 0.348. The highest BCUT2D eigenvalue weighted by atomic mass is 16.1. The van der Waals surface area contributed by atoms with E-state index < -0.39 is 0 Å². The van der Waals surface area contributed by atoms with Crippen molar-refractivity contribution in [1.82, 2.24) is 10.3 Å². The van der Waals surface area contributed by atoms with E-state index >= 15 is 0 Å². The van der Waals surface area contributed by atoms with Crippen LogP contribution in [-0.4, -0.2) is 17.4 Å². The van der Waals surface area contributed by atoms with E-state index in [2.05, 4.69) is 72.8 Å². The van der Waals surface area contributed by atoms with E-state index in [1.807, 2.05) is 12.1 Å². The number of carbonyl (C=O) groups is 1. The third-order valence-corrected chi connectivity index (χ3v) is 5.02. The van der Waals surface area contributed by atoms with Gasteiger partial charge >= 0.3 is 0 Å². The minimum Gasteiger partial charge on any atom is -0.361 e. The van der Waals surface area contributed by atoms with Gasteiger partial charge in [0.05, 0.1) is 0 Å². The molecule has 3 heteroatoms. The van der Waals surface area contributed by atoms with E-state index in [0.29, 0.717) is 18.9 Å². The number of aromatic amines is 1. The lowest BCUT2D eigenvalue weighted by Gasteiger charge is -2.19. The lowest BCUT2D eigenvalue weighted by Crippen LogP contribution is -2.30. The van der Waals surface area contributed by atoms with Crippen LogP contribution < -0.4 is 5.32 Å². The maximum atomic E-state index is 12.4. The molecule has 0 radical (unpaired) electrons. The lowest BCUT2D eigenvalue weighted by molar-refractivity contribution is -0.121. The van der Waals surface area contributed by atoms with Gasteiger partial charge in [-0.25, -0.2) is 0 Å². The van der Waals surface area contributed by atoms with Crippen LogP contribution in [-0.2, 0) is 4.79 Å². The van der Waals surface area contributed by atoms with Crippen molar-refractivity contribution < 1.29 is 4.79 Å². The molecule has 1 heterocycles. The van der Waals surface area contributed by atoms with Gasteiger partial charge in [-0.1, -0.05) is 75.2 Å². The van der Waals surface area contributed by atoms with Crippen LogP contribution in [0.2, 0.25) is 0 Å². The average Bonchev–Trinajstić information content (AvgIpc) is 3.07. The summed E-state index contributed by atoms with van der Waals surface area (Å²) in [5.74, 6) is 0.716. The van der Waals surface area contributed by atoms with Gasteiger partial charge in [0, 0.05) is 36.0 Å². The number of carbonyl (C=O) groups excluding carboxylic acids is 1. The first kappa shape index (κ1) is 18.2. The van der Waals surface area contributed by atoms with E-state index in [1.165, 1.54) is 16.5 Å². The van der Waals surface area contributed by atoms with Crippen LogP contribution in [0.1, 0.15) is 50.2 Å². The summed E-state index contributed by atoms with van der Waals surface area (Å²) in [4.78, 5) is 15.7. The van der Waals surface area contributed by atoms with Crippen LogP contribution in [0, 0.1) is 5.92 Å². The van der Waals surface area contributed by atoms with Crippen molar-refractivity contribution in [3.05, 3.63) is 71.9 Å². The number of rotatable bonds is 8. The molecule has 0 aliphatic heterocycles. The van der Waals surface area contributed by atoms with E-state index in [-0.39, 0.29) is 11.8 Å². The van der Waals surface area contributed by atoms with Gasteiger partial charge < -0.3 is 10.3 Å². The van der Waals surface area contributed by atoms with Crippen LogP contribution in [0.5, 0.6) is 0 Å². The van der Waals surface area contributed by atoms with Crippen LogP contribution >= 0.6 is 0 Å². The van der Waals surface area contributed by atoms with Crippen LogP contribution in [0.4, 0.5) is 0 Å². The first-order valence-electron chi connectivity index (χ1n) is 9.56. The highest BCUT2D eigenvalue weighted by Gasteiger charge is 2.19. The Hall–Kier alpha value is -2.55. The summed E-state index contributed by atoms with van der Waals surface area (Å²) < 4.78 is 0. The first-order chi connectivity index (χ1) is 12.7. The van der Waals surface area contributed by atoms with Gasteiger partial charge in [0.2, 0.25) is 5.91 Å². The fourth-order valence-electron chi connectivity index (χ4n) is 3.67.